The van der Waals surface area contributed by atoms with Crippen LogP contribution in [0.2, 0.25) is 0 Å². The van der Waals surface area contributed by atoms with Crippen LogP contribution in [0.25, 0.3) is 0 Å². The molecule has 1 aliphatic rings. The standard InChI is InChI=1S/C7H10IN3/c1-6-4-9-7-5-10(8)2-3-11(6)7/h4H,2-3,5H2,1H3. The van der Waals surface area contributed by atoms with Gasteiger partial charge in [-0.25, -0.2) is 8.10 Å². The molecule has 1 aromatic rings. The Bertz CT molecular complexity index is 269. The van der Waals surface area contributed by atoms with Crippen molar-refractivity contribution in [1.29, 1.82) is 0 Å². The zero-order valence-electron chi connectivity index (χ0n) is 6.42. The zero-order valence-corrected chi connectivity index (χ0v) is 8.58. The molecule has 3 nitrogen and oxygen atoms in total. The van der Waals surface area contributed by atoms with Gasteiger partial charge in [-0.05, 0) is 6.92 Å². The Morgan fingerprint density at radius 2 is 2.36 bits per heavy atom. The fourth-order valence-corrected chi connectivity index (χ4v) is 1.90. The van der Waals surface area contributed by atoms with E-state index in [4.69, 9.17) is 0 Å². The number of aryl methyl sites for hydroxylation is 1. The first-order valence-corrected chi connectivity index (χ1v) is 4.65. The minimum atomic E-state index is 0.981. The molecular weight excluding hydrogens is 253 g/mol. The first-order chi connectivity index (χ1) is 5.27. The van der Waals surface area contributed by atoms with E-state index in [-0.39, 0.29) is 0 Å². The number of hydrogen-bond donors (Lipinski definition) is 0. The van der Waals surface area contributed by atoms with Crippen molar-refractivity contribution in [2.75, 3.05) is 6.54 Å². The quantitative estimate of drug-likeness (QED) is 0.520. The van der Waals surface area contributed by atoms with Crippen molar-refractivity contribution in [3.63, 3.8) is 0 Å². The maximum Gasteiger partial charge on any atom is 0.123 e. The monoisotopic (exact) mass is 263 g/mol. The van der Waals surface area contributed by atoms with E-state index in [0.717, 1.165) is 19.6 Å². The lowest BCUT2D eigenvalue weighted by Crippen LogP contribution is -2.26. The average molecular weight is 263 g/mol. The van der Waals surface area contributed by atoms with Gasteiger partial charge in [-0.15, -0.1) is 0 Å². The van der Waals surface area contributed by atoms with Gasteiger partial charge in [0.15, 0.2) is 0 Å². The van der Waals surface area contributed by atoms with Gasteiger partial charge in [0.25, 0.3) is 0 Å². The summed E-state index contributed by atoms with van der Waals surface area (Å²) in [6, 6.07) is 0. The molecule has 0 spiro atoms. The molecule has 2 rings (SSSR count). The summed E-state index contributed by atoms with van der Waals surface area (Å²) < 4.78 is 4.55. The molecule has 1 aliphatic heterocycles. The van der Waals surface area contributed by atoms with Crippen molar-refractivity contribution < 1.29 is 0 Å². The number of imidazole rings is 1. The van der Waals surface area contributed by atoms with Gasteiger partial charge < -0.3 is 4.57 Å². The smallest absolute Gasteiger partial charge is 0.123 e. The first-order valence-electron chi connectivity index (χ1n) is 3.69. The summed E-state index contributed by atoms with van der Waals surface area (Å²) in [5, 5.41) is 0. The Kier molecular flexibility index (Phi) is 1.88. The molecule has 0 saturated carbocycles. The second-order valence-electron chi connectivity index (χ2n) is 2.81. The summed E-state index contributed by atoms with van der Waals surface area (Å²) in [4.78, 5) is 4.32. The third-order valence-corrected chi connectivity index (χ3v) is 2.84. The van der Waals surface area contributed by atoms with E-state index in [1.165, 1.54) is 11.5 Å². The normalized spacial score (nSPS) is 18.4. The number of aromatic nitrogens is 2. The van der Waals surface area contributed by atoms with Crippen LogP contribution in [-0.4, -0.2) is 19.2 Å². The van der Waals surface area contributed by atoms with Gasteiger partial charge in [-0.2, -0.15) is 0 Å². The van der Waals surface area contributed by atoms with E-state index in [1.54, 1.807) is 0 Å². The van der Waals surface area contributed by atoms with E-state index in [9.17, 15) is 0 Å². The van der Waals surface area contributed by atoms with Crippen LogP contribution in [0.5, 0.6) is 0 Å². The summed E-state index contributed by atoms with van der Waals surface area (Å²) in [6.07, 6.45) is 1.95. The molecule has 0 saturated heterocycles. The topological polar surface area (TPSA) is 21.1 Å². The predicted molar refractivity (Wildman–Crippen MR) is 51.4 cm³/mol. The molecule has 1 aromatic heterocycles. The molecule has 4 heteroatoms. The van der Waals surface area contributed by atoms with Crippen molar-refractivity contribution in [1.82, 2.24) is 12.7 Å². The highest BCUT2D eigenvalue weighted by molar-refractivity contribution is 14.1. The number of nitrogens with zero attached hydrogens (tertiary/aromatic N) is 3. The van der Waals surface area contributed by atoms with Gasteiger partial charge in [0.2, 0.25) is 0 Å². The van der Waals surface area contributed by atoms with E-state index >= 15 is 0 Å². The van der Waals surface area contributed by atoms with Crippen LogP contribution in [-0.2, 0) is 13.1 Å². The summed E-state index contributed by atoms with van der Waals surface area (Å²) in [5.74, 6) is 1.20. The molecule has 0 N–H and O–H groups in total. The van der Waals surface area contributed by atoms with Gasteiger partial charge in [0.1, 0.15) is 5.82 Å². The van der Waals surface area contributed by atoms with Gasteiger partial charge in [-0.1, -0.05) is 0 Å². The first kappa shape index (κ1) is 7.54. The molecule has 0 atom stereocenters. The van der Waals surface area contributed by atoms with Crippen molar-refractivity contribution in [3.05, 3.63) is 17.7 Å². The van der Waals surface area contributed by atoms with Crippen LogP contribution >= 0.6 is 22.9 Å². The average Bonchev–Trinajstić information content (AvgIpc) is 2.32. The van der Waals surface area contributed by atoms with Crippen molar-refractivity contribution in [3.8, 4) is 0 Å². The highest BCUT2D eigenvalue weighted by Gasteiger charge is 2.15. The molecule has 0 radical (unpaired) electrons. The van der Waals surface area contributed by atoms with E-state index in [2.05, 4.69) is 42.5 Å². The number of hydrogen-bond acceptors (Lipinski definition) is 2. The number of rotatable bonds is 0. The van der Waals surface area contributed by atoms with Crippen LogP contribution in [0.4, 0.5) is 0 Å². The summed E-state index contributed by atoms with van der Waals surface area (Å²) in [5.41, 5.74) is 1.28. The van der Waals surface area contributed by atoms with Crippen molar-refractivity contribution in [2.24, 2.45) is 0 Å². The maximum absolute atomic E-state index is 4.32. The van der Waals surface area contributed by atoms with Crippen LogP contribution in [0.15, 0.2) is 6.20 Å². The van der Waals surface area contributed by atoms with Crippen LogP contribution < -0.4 is 0 Å². The van der Waals surface area contributed by atoms with E-state index in [0.29, 0.717) is 0 Å². The Hall–Kier alpha value is -0.100. The molecule has 0 aromatic carbocycles. The fourth-order valence-electron chi connectivity index (χ4n) is 1.38. The fraction of sp³-hybridized carbons (Fsp3) is 0.571. The van der Waals surface area contributed by atoms with Crippen LogP contribution in [0.1, 0.15) is 11.5 Å². The third-order valence-electron chi connectivity index (χ3n) is 2.02. The van der Waals surface area contributed by atoms with Gasteiger partial charge in [-0.3, -0.25) is 0 Å². The molecule has 0 fully saturated rings. The lowest BCUT2D eigenvalue weighted by Gasteiger charge is -2.22. The molecule has 0 amide bonds. The van der Waals surface area contributed by atoms with Crippen molar-refractivity contribution in [2.45, 2.75) is 20.0 Å². The molecule has 0 unspecified atom stereocenters. The molecule has 60 valence electrons. The predicted octanol–water partition coefficient (Wildman–Crippen LogP) is 1.36. The molecular formula is C7H10IN3. The second-order valence-corrected chi connectivity index (χ2v) is 4.18. The van der Waals surface area contributed by atoms with Crippen molar-refractivity contribution >= 4 is 22.9 Å². The minimum Gasteiger partial charge on any atom is -0.330 e. The Balaban J connectivity index is 2.36. The summed E-state index contributed by atoms with van der Waals surface area (Å²) in [7, 11) is 0. The maximum atomic E-state index is 4.32. The van der Waals surface area contributed by atoms with Gasteiger partial charge >= 0.3 is 0 Å². The van der Waals surface area contributed by atoms with E-state index < -0.39 is 0 Å². The summed E-state index contributed by atoms with van der Waals surface area (Å²) >= 11 is 2.34. The summed E-state index contributed by atoms with van der Waals surface area (Å²) in [6.45, 7) is 5.31. The lowest BCUT2D eigenvalue weighted by molar-refractivity contribution is 0.391. The highest BCUT2D eigenvalue weighted by Crippen LogP contribution is 2.15. The Morgan fingerprint density at radius 1 is 1.55 bits per heavy atom. The zero-order chi connectivity index (χ0) is 7.84. The second kappa shape index (κ2) is 2.75. The van der Waals surface area contributed by atoms with Gasteiger partial charge in [0, 0.05) is 47.8 Å². The van der Waals surface area contributed by atoms with Crippen LogP contribution in [0.3, 0.4) is 0 Å². The van der Waals surface area contributed by atoms with E-state index in [1.807, 2.05) is 6.20 Å². The largest absolute Gasteiger partial charge is 0.330 e. The number of fused-ring (bicyclic) bond motifs is 1. The van der Waals surface area contributed by atoms with Crippen LogP contribution in [0, 0.1) is 6.92 Å². The van der Waals surface area contributed by atoms with Gasteiger partial charge in [0.05, 0.1) is 6.54 Å². The number of halogens is 1. The SMILES string of the molecule is Cc1cnc2n1CCN(I)C2. The highest BCUT2D eigenvalue weighted by atomic mass is 127. The lowest BCUT2D eigenvalue weighted by atomic mass is 10.4. The Labute approximate surface area is 79.9 Å². The third kappa shape index (κ3) is 1.29. The molecule has 0 bridgehead atoms. The minimum absolute atomic E-state index is 0.981. The molecule has 2 heterocycles. The molecule has 11 heavy (non-hydrogen) atoms. The Morgan fingerprint density at radius 3 is 3.18 bits per heavy atom. The molecule has 0 aliphatic carbocycles.